The third-order valence-corrected chi connectivity index (χ3v) is 11.5. The fraction of sp³-hybridized carbons (Fsp3) is 0.0500. The molecular weight excluding hydrogens is 594 g/mol. The third-order valence-electron chi connectivity index (χ3n) is 9.30. The minimum atomic E-state index is 0.0736. The van der Waals surface area contributed by atoms with Crippen LogP contribution in [0.1, 0.15) is 9.75 Å². The van der Waals surface area contributed by atoms with Crippen LogP contribution in [0.25, 0.3) is 20.9 Å². The molecule has 0 fully saturated rings. The Morgan fingerprint density at radius 2 is 0.783 bits per heavy atom. The number of anilines is 4. The number of aryl methyl sites for hydroxylation is 2. The Morgan fingerprint density at radius 1 is 0.435 bits per heavy atom. The van der Waals surface area contributed by atoms with Crippen LogP contribution in [-0.2, 0) is 0 Å². The minimum absolute atomic E-state index is 0.0736. The molecule has 4 heterocycles. The van der Waals surface area contributed by atoms with Gasteiger partial charge in [-0.2, -0.15) is 0 Å². The lowest BCUT2D eigenvalue weighted by Gasteiger charge is -2.41. The molecule has 2 aliphatic rings. The highest BCUT2D eigenvalue weighted by atomic mass is 32.1. The van der Waals surface area contributed by atoms with E-state index in [-0.39, 0.29) is 13.7 Å². The molecule has 0 atom stereocenters. The molecule has 5 aromatic carbocycles. The van der Waals surface area contributed by atoms with Gasteiger partial charge in [-0.1, -0.05) is 120 Å². The highest BCUT2D eigenvalue weighted by Gasteiger charge is 2.43. The number of fused-ring (bicyclic) bond motifs is 6. The van der Waals surface area contributed by atoms with Gasteiger partial charge < -0.3 is 9.62 Å². The van der Waals surface area contributed by atoms with Crippen molar-refractivity contribution < 1.29 is 0 Å². The topological polar surface area (TPSA) is 6.48 Å². The Hall–Kier alpha value is -4.77. The second-order valence-corrected chi connectivity index (χ2v) is 14.7. The Kier molecular flexibility index (Phi) is 6.55. The number of benzene rings is 5. The Balaban J connectivity index is 1.37. The van der Waals surface area contributed by atoms with Crippen molar-refractivity contribution in [2.24, 2.45) is 0 Å². The number of hydrogen-bond acceptors (Lipinski definition) is 4. The van der Waals surface area contributed by atoms with Gasteiger partial charge in [0.2, 0.25) is 0 Å². The number of hydrogen-bond donors (Lipinski definition) is 0. The molecule has 0 saturated heterocycles. The fourth-order valence-electron chi connectivity index (χ4n) is 7.47. The molecule has 218 valence electrons. The lowest BCUT2D eigenvalue weighted by Crippen LogP contribution is -2.58. The summed E-state index contributed by atoms with van der Waals surface area (Å²) < 4.78 is 0. The molecule has 7 aromatic rings. The summed E-state index contributed by atoms with van der Waals surface area (Å²) in [7, 11) is 0. The standard InChI is InChI=1S/C40H30B2N2S2/c1-27-23-35-39(45-27)33-25-38-34(26-37(33)43(31-19-11-5-12-20-31)41(35)29-15-7-3-8-16-29)40-36(24-28(2)46-40)42(30-17-9-4-10-18-30)44(38)32-21-13-6-14-22-32/h3-26H,1-2H3. The van der Waals surface area contributed by atoms with E-state index in [0.717, 1.165) is 0 Å². The zero-order chi connectivity index (χ0) is 30.8. The zero-order valence-electron chi connectivity index (χ0n) is 25.7. The summed E-state index contributed by atoms with van der Waals surface area (Å²) in [4.78, 5) is 10.6. The van der Waals surface area contributed by atoms with Crippen LogP contribution >= 0.6 is 22.7 Å². The Bertz CT molecular complexity index is 2040. The molecule has 6 heteroatoms. The van der Waals surface area contributed by atoms with E-state index in [1.807, 2.05) is 22.7 Å². The summed E-state index contributed by atoms with van der Waals surface area (Å²) >= 11 is 3.84. The first-order valence-corrected chi connectivity index (χ1v) is 17.5. The average Bonchev–Trinajstić information content (AvgIpc) is 3.70. The van der Waals surface area contributed by atoms with Crippen LogP contribution in [0.15, 0.2) is 146 Å². The summed E-state index contributed by atoms with van der Waals surface area (Å²) in [5, 5.41) is 0. The minimum Gasteiger partial charge on any atom is -0.376 e. The second kappa shape index (κ2) is 10.9. The molecule has 0 amide bonds. The van der Waals surface area contributed by atoms with Crippen molar-refractivity contribution in [2.75, 3.05) is 9.62 Å². The van der Waals surface area contributed by atoms with Crippen molar-refractivity contribution in [3.05, 3.63) is 155 Å². The van der Waals surface area contributed by atoms with Crippen LogP contribution in [0.5, 0.6) is 0 Å². The maximum absolute atomic E-state index is 2.58. The lowest BCUT2D eigenvalue weighted by atomic mass is 9.46. The van der Waals surface area contributed by atoms with Crippen LogP contribution in [0, 0.1) is 13.8 Å². The number of para-hydroxylation sites is 2. The van der Waals surface area contributed by atoms with Crippen molar-refractivity contribution in [3.8, 4) is 20.9 Å². The lowest BCUT2D eigenvalue weighted by molar-refractivity contribution is 1.34. The van der Waals surface area contributed by atoms with Crippen LogP contribution in [0.2, 0.25) is 0 Å². The van der Waals surface area contributed by atoms with Gasteiger partial charge in [0.1, 0.15) is 0 Å². The predicted octanol–water partition coefficient (Wildman–Crippen LogP) is 8.28. The van der Waals surface area contributed by atoms with E-state index in [4.69, 9.17) is 0 Å². The zero-order valence-corrected chi connectivity index (χ0v) is 27.4. The van der Waals surface area contributed by atoms with Gasteiger partial charge in [-0.15, -0.1) is 22.7 Å². The van der Waals surface area contributed by atoms with Crippen LogP contribution in [-0.4, -0.2) is 13.7 Å². The molecule has 0 N–H and O–H groups in total. The van der Waals surface area contributed by atoms with Gasteiger partial charge in [0.15, 0.2) is 0 Å². The number of rotatable bonds is 4. The van der Waals surface area contributed by atoms with Crippen molar-refractivity contribution in [1.82, 2.24) is 0 Å². The van der Waals surface area contributed by atoms with Crippen molar-refractivity contribution in [3.63, 3.8) is 0 Å². The van der Waals surface area contributed by atoms with Crippen molar-refractivity contribution >= 4 is 81.0 Å². The average molecular weight is 624 g/mol. The monoisotopic (exact) mass is 624 g/mol. The molecule has 9 rings (SSSR count). The summed E-state index contributed by atoms with van der Waals surface area (Å²) in [6, 6.07) is 53.7. The second-order valence-electron chi connectivity index (χ2n) is 12.2. The third kappa shape index (κ3) is 4.32. The molecule has 2 nitrogen and oxygen atoms in total. The van der Waals surface area contributed by atoms with E-state index in [1.165, 1.54) is 75.2 Å². The first kappa shape index (κ1) is 27.5. The molecular formula is C40H30B2N2S2. The van der Waals surface area contributed by atoms with Crippen LogP contribution < -0.4 is 31.5 Å². The van der Waals surface area contributed by atoms with Crippen LogP contribution in [0.4, 0.5) is 22.7 Å². The Morgan fingerprint density at radius 3 is 1.15 bits per heavy atom. The van der Waals surface area contributed by atoms with E-state index in [0.29, 0.717) is 0 Å². The van der Waals surface area contributed by atoms with Gasteiger partial charge in [0.05, 0.1) is 0 Å². The van der Waals surface area contributed by atoms with E-state index in [1.54, 1.807) is 0 Å². The number of thiophene rings is 2. The van der Waals surface area contributed by atoms with Gasteiger partial charge >= 0.3 is 13.7 Å². The largest absolute Gasteiger partial charge is 0.376 e. The molecule has 2 aromatic heterocycles. The van der Waals surface area contributed by atoms with Gasteiger partial charge in [-0.3, -0.25) is 0 Å². The molecule has 0 bridgehead atoms. The normalized spacial score (nSPS) is 13.3. The summed E-state index contributed by atoms with van der Waals surface area (Å²) in [5.41, 5.74) is 12.9. The maximum atomic E-state index is 2.58. The highest BCUT2D eigenvalue weighted by molar-refractivity contribution is 7.19. The van der Waals surface area contributed by atoms with Crippen LogP contribution in [0.3, 0.4) is 0 Å². The molecule has 0 unspecified atom stereocenters. The first-order chi connectivity index (χ1) is 22.7. The fourth-order valence-corrected chi connectivity index (χ4v) is 9.61. The van der Waals surface area contributed by atoms with E-state index < -0.39 is 0 Å². The summed E-state index contributed by atoms with van der Waals surface area (Å²) in [5.74, 6) is 0. The van der Waals surface area contributed by atoms with E-state index in [9.17, 15) is 0 Å². The molecule has 46 heavy (non-hydrogen) atoms. The predicted molar refractivity (Wildman–Crippen MR) is 203 cm³/mol. The van der Waals surface area contributed by atoms with Gasteiger partial charge in [-0.05, 0) is 61.2 Å². The van der Waals surface area contributed by atoms with Crippen molar-refractivity contribution in [2.45, 2.75) is 13.8 Å². The molecule has 0 aliphatic carbocycles. The Labute approximate surface area is 279 Å². The summed E-state index contributed by atoms with van der Waals surface area (Å²) in [6.07, 6.45) is 0. The highest BCUT2D eigenvalue weighted by Crippen LogP contribution is 2.51. The van der Waals surface area contributed by atoms with E-state index >= 15 is 0 Å². The molecule has 2 aliphatic heterocycles. The molecule has 0 saturated carbocycles. The molecule has 0 radical (unpaired) electrons. The van der Waals surface area contributed by atoms with Crippen molar-refractivity contribution in [1.29, 1.82) is 0 Å². The molecule has 0 spiro atoms. The quantitative estimate of drug-likeness (QED) is 0.182. The van der Waals surface area contributed by atoms with Gasteiger partial charge in [-0.25, -0.2) is 0 Å². The number of nitrogens with zero attached hydrogens (tertiary/aromatic N) is 2. The smallest absolute Gasteiger partial charge is 0.329 e. The SMILES string of the molecule is Cc1cc2c(s1)-c1cc3c(cc1N(c1ccccc1)B2c1ccccc1)-c1sc(C)cc1B(c1ccccc1)N3c1ccccc1. The van der Waals surface area contributed by atoms with Gasteiger partial charge in [0.25, 0.3) is 0 Å². The summed E-state index contributed by atoms with van der Waals surface area (Å²) in [6.45, 7) is 4.64. The van der Waals surface area contributed by atoms with E-state index in [2.05, 4.69) is 169 Å². The first-order valence-electron chi connectivity index (χ1n) is 15.8. The maximum Gasteiger partial charge on any atom is 0.329 e. The van der Waals surface area contributed by atoms with Gasteiger partial charge in [0, 0.05) is 53.4 Å².